The number of hydrogen-bond acceptors (Lipinski definition) is 2. The Balaban J connectivity index is 2.09. The summed E-state index contributed by atoms with van der Waals surface area (Å²) < 4.78 is 1.12. The highest BCUT2D eigenvalue weighted by atomic mass is 79.9. The second kappa shape index (κ2) is 5.82. The van der Waals surface area contributed by atoms with Crippen LogP contribution in [0.2, 0.25) is 0 Å². The molecular weight excluding hydrogens is 276 g/mol. The van der Waals surface area contributed by atoms with Crippen LogP contribution in [0.4, 0.5) is 5.69 Å². The summed E-state index contributed by atoms with van der Waals surface area (Å²) in [7, 11) is 0. The highest BCUT2D eigenvalue weighted by molar-refractivity contribution is 9.10. The van der Waals surface area contributed by atoms with Gasteiger partial charge in [0, 0.05) is 16.4 Å². The largest absolute Gasteiger partial charge is 0.379 e. The molecule has 1 heterocycles. The van der Waals surface area contributed by atoms with E-state index in [4.69, 9.17) is 0 Å². The van der Waals surface area contributed by atoms with Gasteiger partial charge in [-0.1, -0.05) is 28.9 Å². The van der Waals surface area contributed by atoms with E-state index in [9.17, 15) is 0 Å². The van der Waals surface area contributed by atoms with Gasteiger partial charge in [0.2, 0.25) is 0 Å². The molecule has 2 rings (SSSR count). The van der Waals surface area contributed by atoms with Gasteiger partial charge in [0.25, 0.3) is 0 Å². The van der Waals surface area contributed by atoms with E-state index in [-0.39, 0.29) is 0 Å². The molecule has 0 spiro atoms. The lowest BCUT2D eigenvalue weighted by Gasteiger charge is -2.11. The number of pyridine rings is 1. The molecule has 0 bridgehead atoms. The summed E-state index contributed by atoms with van der Waals surface area (Å²) in [4.78, 5) is 4.30. The lowest BCUT2D eigenvalue weighted by atomic mass is 10.1. The van der Waals surface area contributed by atoms with Gasteiger partial charge in [0.05, 0.1) is 12.2 Å². The van der Waals surface area contributed by atoms with Crippen LogP contribution in [0.15, 0.2) is 47.1 Å². The molecule has 0 atom stereocenters. The third-order valence-corrected chi connectivity index (χ3v) is 3.13. The number of rotatable bonds is 4. The quantitative estimate of drug-likeness (QED) is 0.920. The van der Waals surface area contributed by atoms with Crippen molar-refractivity contribution in [2.75, 3.05) is 5.32 Å². The van der Waals surface area contributed by atoms with Crippen LogP contribution in [0.5, 0.6) is 0 Å². The van der Waals surface area contributed by atoms with Gasteiger partial charge in [0.1, 0.15) is 0 Å². The van der Waals surface area contributed by atoms with E-state index in [2.05, 4.69) is 51.4 Å². The van der Waals surface area contributed by atoms with E-state index in [1.807, 2.05) is 24.4 Å². The predicted molar refractivity (Wildman–Crippen MR) is 75.1 cm³/mol. The third kappa shape index (κ3) is 3.30. The van der Waals surface area contributed by atoms with Crippen LogP contribution in [0.25, 0.3) is 0 Å². The van der Waals surface area contributed by atoms with Crippen molar-refractivity contribution >= 4 is 21.6 Å². The number of hydrogen-bond donors (Lipinski definition) is 1. The normalized spacial score (nSPS) is 10.2. The van der Waals surface area contributed by atoms with Crippen molar-refractivity contribution < 1.29 is 0 Å². The molecule has 0 fully saturated rings. The van der Waals surface area contributed by atoms with Gasteiger partial charge >= 0.3 is 0 Å². The van der Waals surface area contributed by atoms with E-state index < -0.39 is 0 Å². The molecule has 3 heteroatoms. The van der Waals surface area contributed by atoms with Gasteiger partial charge < -0.3 is 5.32 Å². The number of anilines is 1. The minimum Gasteiger partial charge on any atom is -0.379 e. The standard InChI is InChI=1S/C14H15BrN2/c1-2-11-9-12(15)6-7-14(11)17-10-13-5-3-4-8-16-13/h3-9,17H,2,10H2,1H3. The molecule has 0 radical (unpaired) electrons. The van der Waals surface area contributed by atoms with Gasteiger partial charge in [-0.25, -0.2) is 0 Å². The second-order valence-electron chi connectivity index (χ2n) is 3.83. The molecule has 0 amide bonds. The molecule has 1 N–H and O–H groups in total. The predicted octanol–water partition coefficient (Wildman–Crippen LogP) is 4.02. The maximum absolute atomic E-state index is 4.30. The van der Waals surface area contributed by atoms with Gasteiger partial charge in [-0.05, 0) is 42.3 Å². The number of nitrogens with one attached hydrogen (secondary N) is 1. The van der Waals surface area contributed by atoms with Crippen molar-refractivity contribution in [2.24, 2.45) is 0 Å². The van der Waals surface area contributed by atoms with Crippen LogP contribution >= 0.6 is 15.9 Å². The van der Waals surface area contributed by atoms with Gasteiger partial charge in [-0.2, -0.15) is 0 Å². The van der Waals surface area contributed by atoms with Crippen molar-refractivity contribution in [1.29, 1.82) is 0 Å². The van der Waals surface area contributed by atoms with Crippen LogP contribution in [-0.4, -0.2) is 4.98 Å². The number of aromatic nitrogens is 1. The van der Waals surface area contributed by atoms with Crippen molar-refractivity contribution in [3.8, 4) is 0 Å². The highest BCUT2D eigenvalue weighted by Gasteiger charge is 2.01. The number of halogens is 1. The minimum absolute atomic E-state index is 0.759. The fraction of sp³-hybridized carbons (Fsp3) is 0.214. The van der Waals surface area contributed by atoms with Crippen molar-refractivity contribution in [1.82, 2.24) is 4.98 Å². The second-order valence-corrected chi connectivity index (χ2v) is 4.75. The Morgan fingerprint density at radius 1 is 1.24 bits per heavy atom. The van der Waals surface area contributed by atoms with E-state index in [1.54, 1.807) is 0 Å². The zero-order chi connectivity index (χ0) is 12.1. The Hall–Kier alpha value is -1.35. The first-order valence-corrected chi connectivity index (χ1v) is 6.51. The van der Waals surface area contributed by atoms with Crippen LogP contribution in [0, 0.1) is 0 Å². The summed E-state index contributed by atoms with van der Waals surface area (Å²) >= 11 is 3.49. The Morgan fingerprint density at radius 3 is 2.82 bits per heavy atom. The average molecular weight is 291 g/mol. The van der Waals surface area contributed by atoms with Crippen LogP contribution in [0.1, 0.15) is 18.2 Å². The SMILES string of the molecule is CCc1cc(Br)ccc1NCc1ccccn1. The smallest absolute Gasteiger partial charge is 0.0594 e. The maximum atomic E-state index is 4.30. The number of nitrogens with zero attached hydrogens (tertiary/aromatic N) is 1. The van der Waals surface area contributed by atoms with Gasteiger partial charge in [0.15, 0.2) is 0 Å². The van der Waals surface area contributed by atoms with Crippen molar-refractivity contribution in [3.05, 3.63) is 58.3 Å². The zero-order valence-corrected chi connectivity index (χ0v) is 11.4. The Labute approximate surface area is 110 Å². The fourth-order valence-corrected chi connectivity index (χ4v) is 2.12. The lowest BCUT2D eigenvalue weighted by molar-refractivity contribution is 1.03. The Kier molecular flexibility index (Phi) is 4.15. The first-order valence-electron chi connectivity index (χ1n) is 5.72. The summed E-state index contributed by atoms with van der Waals surface area (Å²) in [5.41, 5.74) is 3.55. The highest BCUT2D eigenvalue weighted by Crippen LogP contribution is 2.21. The lowest BCUT2D eigenvalue weighted by Crippen LogP contribution is -2.03. The third-order valence-electron chi connectivity index (χ3n) is 2.63. The van der Waals surface area contributed by atoms with Crippen LogP contribution in [-0.2, 0) is 13.0 Å². The molecule has 2 aromatic rings. The average Bonchev–Trinajstić information content (AvgIpc) is 2.38. The van der Waals surface area contributed by atoms with Crippen molar-refractivity contribution in [3.63, 3.8) is 0 Å². The molecule has 17 heavy (non-hydrogen) atoms. The number of benzene rings is 1. The molecule has 0 aliphatic heterocycles. The molecule has 1 aromatic carbocycles. The Morgan fingerprint density at radius 2 is 2.12 bits per heavy atom. The Bertz CT molecular complexity index is 483. The van der Waals surface area contributed by atoms with Gasteiger partial charge in [-0.15, -0.1) is 0 Å². The van der Waals surface area contributed by atoms with E-state index in [0.29, 0.717) is 0 Å². The molecule has 0 aliphatic carbocycles. The summed E-state index contributed by atoms with van der Waals surface area (Å²) in [5, 5.41) is 3.42. The summed E-state index contributed by atoms with van der Waals surface area (Å²) in [6.45, 7) is 2.92. The van der Waals surface area contributed by atoms with E-state index in [1.165, 1.54) is 11.3 Å². The zero-order valence-electron chi connectivity index (χ0n) is 9.78. The molecule has 1 aromatic heterocycles. The first kappa shape index (κ1) is 12.1. The van der Waals surface area contributed by atoms with E-state index >= 15 is 0 Å². The first-order chi connectivity index (χ1) is 8.29. The molecule has 2 nitrogen and oxygen atoms in total. The number of aryl methyl sites for hydroxylation is 1. The molecule has 0 saturated heterocycles. The summed E-state index contributed by atoms with van der Waals surface area (Å²) in [6.07, 6.45) is 2.84. The molecule has 0 unspecified atom stereocenters. The molecule has 0 aliphatic rings. The minimum atomic E-state index is 0.759. The topological polar surface area (TPSA) is 24.9 Å². The maximum Gasteiger partial charge on any atom is 0.0594 e. The van der Waals surface area contributed by atoms with Gasteiger partial charge in [-0.3, -0.25) is 4.98 Å². The summed E-state index contributed by atoms with van der Waals surface area (Å²) in [5.74, 6) is 0. The molecule has 88 valence electrons. The van der Waals surface area contributed by atoms with Crippen LogP contribution in [0.3, 0.4) is 0 Å². The summed E-state index contributed by atoms with van der Waals surface area (Å²) in [6, 6.07) is 12.3. The van der Waals surface area contributed by atoms with Crippen LogP contribution < -0.4 is 5.32 Å². The van der Waals surface area contributed by atoms with Crippen molar-refractivity contribution in [2.45, 2.75) is 19.9 Å². The van der Waals surface area contributed by atoms with E-state index in [0.717, 1.165) is 23.1 Å². The molecule has 0 saturated carbocycles. The monoisotopic (exact) mass is 290 g/mol. The molecular formula is C14H15BrN2. The fourth-order valence-electron chi connectivity index (χ4n) is 1.72.